The predicted octanol–water partition coefficient (Wildman–Crippen LogP) is 0.933. The normalized spacial score (nSPS) is 15.8. The van der Waals surface area contributed by atoms with E-state index in [1.54, 1.807) is 24.0 Å². The number of piperazine rings is 1. The highest BCUT2D eigenvalue weighted by Gasteiger charge is 2.25. The maximum absolute atomic E-state index is 12.1. The van der Waals surface area contributed by atoms with E-state index in [2.05, 4.69) is 10.2 Å². The van der Waals surface area contributed by atoms with Crippen molar-refractivity contribution in [3.05, 3.63) is 30.0 Å². The summed E-state index contributed by atoms with van der Waals surface area (Å²) in [4.78, 5) is 15.8. The summed E-state index contributed by atoms with van der Waals surface area (Å²) in [7, 11) is 0. The summed E-state index contributed by atoms with van der Waals surface area (Å²) in [6, 6.07) is 3.91. The fraction of sp³-hybridized carbons (Fsp3) is 0.417. The number of aryl methyl sites for hydroxylation is 1. The Labute approximate surface area is 109 Å². The van der Waals surface area contributed by atoms with Gasteiger partial charge in [-0.2, -0.15) is 0 Å². The highest BCUT2D eigenvalue weighted by atomic mass is 16.4. The number of furan rings is 1. The third kappa shape index (κ3) is 2.31. The van der Waals surface area contributed by atoms with E-state index in [-0.39, 0.29) is 5.91 Å². The number of rotatable bonds is 2. The topological polar surface area (TPSA) is 75.6 Å². The van der Waals surface area contributed by atoms with Gasteiger partial charge in [0.25, 0.3) is 5.91 Å². The van der Waals surface area contributed by atoms with Gasteiger partial charge in [-0.15, -0.1) is 5.10 Å². The van der Waals surface area contributed by atoms with Gasteiger partial charge in [0.15, 0.2) is 5.76 Å². The lowest BCUT2D eigenvalue weighted by Gasteiger charge is -2.33. The summed E-state index contributed by atoms with van der Waals surface area (Å²) >= 11 is 0. The number of hydrogen-bond donors (Lipinski definition) is 0. The number of carbonyl (C=O) groups excluding carboxylic acids is 1. The number of anilines is 1. The van der Waals surface area contributed by atoms with E-state index in [0.29, 0.717) is 43.8 Å². The fourth-order valence-corrected chi connectivity index (χ4v) is 2.07. The molecule has 0 N–H and O–H groups in total. The molecular weight excluding hydrogens is 248 g/mol. The molecule has 2 aromatic heterocycles. The van der Waals surface area contributed by atoms with Crippen LogP contribution in [0.25, 0.3) is 0 Å². The molecule has 0 atom stereocenters. The zero-order valence-electron chi connectivity index (χ0n) is 10.6. The largest absolute Gasteiger partial charge is 0.459 e. The Kier molecular flexibility index (Phi) is 2.94. The van der Waals surface area contributed by atoms with Crippen LogP contribution in [0.4, 0.5) is 6.01 Å². The Morgan fingerprint density at radius 3 is 2.63 bits per heavy atom. The smallest absolute Gasteiger partial charge is 0.318 e. The van der Waals surface area contributed by atoms with E-state index in [0.717, 1.165) is 0 Å². The molecule has 1 fully saturated rings. The van der Waals surface area contributed by atoms with E-state index >= 15 is 0 Å². The summed E-state index contributed by atoms with van der Waals surface area (Å²) in [5.74, 6) is 0.845. The first kappa shape index (κ1) is 11.8. The molecule has 7 heteroatoms. The van der Waals surface area contributed by atoms with E-state index < -0.39 is 0 Å². The Balaban J connectivity index is 1.62. The van der Waals surface area contributed by atoms with Crippen molar-refractivity contribution in [1.82, 2.24) is 15.1 Å². The summed E-state index contributed by atoms with van der Waals surface area (Å²) in [5, 5.41) is 7.78. The van der Waals surface area contributed by atoms with Gasteiger partial charge in [-0.3, -0.25) is 4.79 Å². The van der Waals surface area contributed by atoms with Gasteiger partial charge >= 0.3 is 6.01 Å². The maximum atomic E-state index is 12.1. The first-order valence-corrected chi connectivity index (χ1v) is 6.12. The predicted molar refractivity (Wildman–Crippen MR) is 65.9 cm³/mol. The van der Waals surface area contributed by atoms with Crippen LogP contribution in [0.1, 0.15) is 16.4 Å². The minimum absolute atomic E-state index is 0.0774. The zero-order chi connectivity index (χ0) is 13.2. The van der Waals surface area contributed by atoms with Crippen LogP contribution in [-0.4, -0.2) is 47.2 Å². The van der Waals surface area contributed by atoms with E-state index in [9.17, 15) is 4.79 Å². The first-order valence-electron chi connectivity index (χ1n) is 6.12. The lowest BCUT2D eigenvalue weighted by molar-refractivity contribution is 0.0713. The lowest BCUT2D eigenvalue weighted by atomic mass is 10.3. The van der Waals surface area contributed by atoms with Crippen molar-refractivity contribution in [2.75, 3.05) is 31.1 Å². The third-order valence-electron chi connectivity index (χ3n) is 3.08. The molecule has 0 spiro atoms. The van der Waals surface area contributed by atoms with Gasteiger partial charge in [-0.1, -0.05) is 5.10 Å². The quantitative estimate of drug-likeness (QED) is 0.801. The minimum Gasteiger partial charge on any atom is -0.459 e. The van der Waals surface area contributed by atoms with Crippen molar-refractivity contribution < 1.29 is 13.6 Å². The molecule has 0 unspecified atom stereocenters. The van der Waals surface area contributed by atoms with Crippen LogP contribution < -0.4 is 4.90 Å². The Morgan fingerprint density at radius 1 is 1.26 bits per heavy atom. The van der Waals surface area contributed by atoms with Crippen LogP contribution >= 0.6 is 0 Å². The zero-order valence-corrected chi connectivity index (χ0v) is 10.6. The second-order valence-electron chi connectivity index (χ2n) is 4.36. The van der Waals surface area contributed by atoms with Crippen molar-refractivity contribution in [1.29, 1.82) is 0 Å². The number of amides is 1. The van der Waals surface area contributed by atoms with Crippen LogP contribution in [0.3, 0.4) is 0 Å². The van der Waals surface area contributed by atoms with Crippen molar-refractivity contribution in [3.8, 4) is 0 Å². The first-order chi connectivity index (χ1) is 9.24. The van der Waals surface area contributed by atoms with Gasteiger partial charge < -0.3 is 18.6 Å². The van der Waals surface area contributed by atoms with Crippen LogP contribution in [0.15, 0.2) is 27.2 Å². The van der Waals surface area contributed by atoms with Crippen molar-refractivity contribution in [3.63, 3.8) is 0 Å². The third-order valence-corrected chi connectivity index (χ3v) is 3.08. The highest BCUT2D eigenvalue weighted by Crippen LogP contribution is 2.15. The number of hydrogen-bond acceptors (Lipinski definition) is 6. The number of nitrogens with zero attached hydrogens (tertiary/aromatic N) is 4. The molecule has 1 aliphatic rings. The lowest BCUT2D eigenvalue weighted by Crippen LogP contribution is -2.48. The number of aromatic nitrogens is 2. The average molecular weight is 262 g/mol. The Bertz CT molecular complexity index is 555. The molecule has 2 aromatic rings. The molecule has 1 saturated heterocycles. The molecule has 3 heterocycles. The van der Waals surface area contributed by atoms with E-state index in [1.807, 2.05) is 4.90 Å². The van der Waals surface area contributed by atoms with Crippen LogP contribution in [0.5, 0.6) is 0 Å². The molecule has 0 aliphatic carbocycles. The number of carbonyl (C=O) groups is 1. The monoisotopic (exact) mass is 262 g/mol. The molecule has 3 rings (SSSR count). The maximum Gasteiger partial charge on any atom is 0.318 e. The van der Waals surface area contributed by atoms with Gasteiger partial charge in [-0.05, 0) is 12.1 Å². The molecule has 0 aromatic carbocycles. The van der Waals surface area contributed by atoms with Gasteiger partial charge in [0.1, 0.15) is 0 Å². The molecule has 0 radical (unpaired) electrons. The summed E-state index contributed by atoms with van der Waals surface area (Å²) in [5.41, 5.74) is 0. The van der Waals surface area contributed by atoms with Gasteiger partial charge in [0.05, 0.1) is 6.26 Å². The second-order valence-corrected chi connectivity index (χ2v) is 4.36. The van der Waals surface area contributed by atoms with Crippen molar-refractivity contribution >= 4 is 11.9 Å². The summed E-state index contributed by atoms with van der Waals surface area (Å²) in [6.07, 6.45) is 1.50. The van der Waals surface area contributed by atoms with Gasteiger partial charge in [0.2, 0.25) is 5.89 Å². The molecule has 100 valence electrons. The van der Waals surface area contributed by atoms with Crippen LogP contribution in [-0.2, 0) is 0 Å². The summed E-state index contributed by atoms with van der Waals surface area (Å²) < 4.78 is 10.5. The second kappa shape index (κ2) is 4.75. The summed E-state index contributed by atoms with van der Waals surface area (Å²) in [6.45, 7) is 4.33. The average Bonchev–Trinajstić information content (AvgIpc) is 3.09. The molecular formula is C12H14N4O3. The van der Waals surface area contributed by atoms with Crippen LogP contribution in [0, 0.1) is 6.92 Å². The van der Waals surface area contributed by atoms with E-state index in [1.165, 1.54) is 6.26 Å². The standard InChI is InChI=1S/C12H14N4O3/c1-9-13-14-12(19-9)16-6-4-15(5-7-16)11(17)10-3-2-8-18-10/h2-3,8H,4-7H2,1H3. The molecule has 1 amide bonds. The molecule has 0 saturated carbocycles. The van der Waals surface area contributed by atoms with Gasteiger partial charge in [-0.25, -0.2) is 0 Å². The van der Waals surface area contributed by atoms with Crippen molar-refractivity contribution in [2.24, 2.45) is 0 Å². The Morgan fingerprint density at radius 2 is 2.05 bits per heavy atom. The minimum atomic E-state index is -0.0774. The van der Waals surface area contributed by atoms with E-state index in [4.69, 9.17) is 8.83 Å². The molecule has 1 aliphatic heterocycles. The molecule has 7 nitrogen and oxygen atoms in total. The fourth-order valence-electron chi connectivity index (χ4n) is 2.07. The SMILES string of the molecule is Cc1nnc(N2CCN(C(=O)c3ccco3)CC2)o1. The van der Waals surface area contributed by atoms with Crippen molar-refractivity contribution in [2.45, 2.75) is 6.92 Å². The molecule has 0 bridgehead atoms. The highest BCUT2D eigenvalue weighted by molar-refractivity contribution is 5.91. The van der Waals surface area contributed by atoms with Gasteiger partial charge in [0, 0.05) is 33.1 Å². The Hall–Kier alpha value is -2.31. The molecule has 19 heavy (non-hydrogen) atoms. The van der Waals surface area contributed by atoms with Crippen LogP contribution in [0.2, 0.25) is 0 Å².